The zero-order valence-electron chi connectivity index (χ0n) is 16.6. The molecule has 0 fully saturated rings. The Kier molecular flexibility index (Phi) is 7.36. The van der Waals surface area contributed by atoms with Gasteiger partial charge in [-0.05, 0) is 48.0 Å². The maximum Gasteiger partial charge on any atom is 0.188 e. The molecule has 3 rings (SSSR count). The minimum absolute atomic E-state index is 0.243. The van der Waals surface area contributed by atoms with Crippen molar-refractivity contribution in [2.24, 2.45) is 4.99 Å². The number of benzene rings is 3. The first-order chi connectivity index (χ1) is 13.7. The Morgan fingerprint density at radius 2 is 1.75 bits per heavy atom. The molecule has 144 valence electrons. The van der Waals surface area contributed by atoms with Crippen LogP contribution in [0.2, 0.25) is 0 Å². The fourth-order valence-electron chi connectivity index (χ4n) is 3.05. The molecular formula is C24H26NO2P. The number of aliphatic imine (C=N–C) groups is 1. The van der Waals surface area contributed by atoms with E-state index in [2.05, 4.69) is 72.6 Å². The smallest absolute Gasteiger partial charge is 0.188 e. The van der Waals surface area contributed by atoms with Crippen LogP contribution in [0.1, 0.15) is 22.3 Å². The monoisotopic (exact) mass is 391 g/mol. The molecule has 1 atom stereocenters. The maximum atomic E-state index is 5.84. The number of rotatable bonds is 8. The molecule has 0 bridgehead atoms. The number of aryl methyl sites for hydroxylation is 1. The molecule has 0 spiro atoms. The Hall–Kier alpha value is -2.48. The Bertz CT molecular complexity index is 939. The van der Waals surface area contributed by atoms with Gasteiger partial charge in [0.15, 0.2) is 6.79 Å². The van der Waals surface area contributed by atoms with E-state index in [0.717, 1.165) is 17.7 Å². The lowest BCUT2D eigenvalue weighted by molar-refractivity contribution is 0.0519. The van der Waals surface area contributed by atoms with Gasteiger partial charge in [-0.3, -0.25) is 4.99 Å². The number of hydrogen-bond donors (Lipinski definition) is 0. The third-order valence-electron chi connectivity index (χ3n) is 4.37. The Morgan fingerprint density at radius 1 is 0.929 bits per heavy atom. The van der Waals surface area contributed by atoms with Crippen LogP contribution in [-0.2, 0) is 11.2 Å². The van der Waals surface area contributed by atoms with Gasteiger partial charge in [0.2, 0.25) is 0 Å². The van der Waals surface area contributed by atoms with Crippen LogP contribution < -0.4 is 15.3 Å². The summed E-state index contributed by atoms with van der Waals surface area (Å²) in [6.07, 6.45) is 2.83. The van der Waals surface area contributed by atoms with E-state index < -0.39 is 0 Å². The highest BCUT2D eigenvalue weighted by Gasteiger charge is 2.10. The van der Waals surface area contributed by atoms with Crippen molar-refractivity contribution in [3.05, 3.63) is 89.0 Å². The van der Waals surface area contributed by atoms with Crippen molar-refractivity contribution in [3.63, 3.8) is 0 Å². The van der Waals surface area contributed by atoms with Gasteiger partial charge in [0.05, 0.1) is 0 Å². The van der Waals surface area contributed by atoms with Crippen LogP contribution in [0.4, 0.5) is 0 Å². The first-order valence-corrected chi connectivity index (χ1v) is 10.3. The van der Waals surface area contributed by atoms with E-state index in [1.165, 1.54) is 27.3 Å². The number of hydrogen-bond acceptors (Lipinski definition) is 3. The lowest BCUT2D eigenvalue weighted by Crippen LogP contribution is -2.14. The Labute approximate surface area is 169 Å². The molecule has 0 saturated carbocycles. The minimum atomic E-state index is 0.243. The molecule has 0 radical (unpaired) electrons. The van der Waals surface area contributed by atoms with E-state index in [4.69, 9.17) is 9.47 Å². The number of ether oxygens (including phenoxy) is 2. The van der Waals surface area contributed by atoms with Crippen LogP contribution in [-0.4, -0.2) is 27.2 Å². The fraction of sp³-hybridized carbons (Fsp3) is 0.208. The second-order valence-electron chi connectivity index (χ2n) is 6.65. The van der Waals surface area contributed by atoms with Crippen LogP contribution in [0.3, 0.4) is 0 Å². The van der Waals surface area contributed by atoms with Gasteiger partial charge in [-0.15, -0.1) is 0 Å². The highest BCUT2D eigenvalue weighted by molar-refractivity contribution is 7.56. The first kappa shape index (κ1) is 20.3. The molecule has 0 saturated heterocycles. The maximum absolute atomic E-state index is 5.84. The summed E-state index contributed by atoms with van der Waals surface area (Å²) in [5, 5.41) is 2.44. The molecule has 3 aromatic carbocycles. The first-order valence-electron chi connectivity index (χ1n) is 9.28. The van der Waals surface area contributed by atoms with Crippen LogP contribution in [0.15, 0.2) is 71.7 Å². The lowest BCUT2D eigenvalue weighted by Gasteiger charge is -2.14. The summed E-state index contributed by atoms with van der Waals surface area (Å²) in [6, 6.07) is 23.5. The van der Waals surface area contributed by atoms with Crippen molar-refractivity contribution >= 4 is 25.4 Å². The average molecular weight is 391 g/mol. The lowest BCUT2D eigenvalue weighted by atomic mass is 10.1. The van der Waals surface area contributed by atoms with E-state index in [0.29, 0.717) is 8.58 Å². The zero-order valence-corrected chi connectivity index (χ0v) is 17.6. The second-order valence-corrected chi connectivity index (χ2v) is 7.97. The molecule has 1 unspecified atom stereocenters. The van der Waals surface area contributed by atoms with Gasteiger partial charge >= 0.3 is 0 Å². The number of methoxy groups -OCH3 is 1. The molecule has 0 aliphatic heterocycles. The molecule has 0 aliphatic carbocycles. The van der Waals surface area contributed by atoms with Crippen molar-refractivity contribution in [2.45, 2.75) is 13.3 Å². The van der Waals surface area contributed by atoms with Crippen molar-refractivity contribution < 1.29 is 9.47 Å². The Morgan fingerprint density at radius 3 is 2.50 bits per heavy atom. The largest absolute Gasteiger partial charge is 0.467 e. The predicted octanol–water partition coefficient (Wildman–Crippen LogP) is 4.25. The molecule has 28 heavy (non-hydrogen) atoms. The molecule has 3 aromatic rings. The predicted molar refractivity (Wildman–Crippen MR) is 120 cm³/mol. The molecule has 0 aromatic heterocycles. The molecule has 0 amide bonds. The highest BCUT2D eigenvalue weighted by atomic mass is 31.1. The van der Waals surface area contributed by atoms with E-state index in [9.17, 15) is 0 Å². The Balaban J connectivity index is 1.93. The quantitative estimate of drug-likeness (QED) is 0.327. The average Bonchev–Trinajstić information content (AvgIpc) is 2.70. The van der Waals surface area contributed by atoms with Crippen molar-refractivity contribution in [2.75, 3.05) is 21.0 Å². The van der Waals surface area contributed by atoms with E-state index in [-0.39, 0.29) is 6.79 Å². The SMILES string of the molecule is CN=Cc1cc(C)ccc1Pc1cc(Cc2ccccc2)ccc1OCOC. The zero-order chi connectivity index (χ0) is 19.8. The van der Waals surface area contributed by atoms with Crippen LogP contribution in [0.5, 0.6) is 5.75 Å². The molecule has 3 nitrogen and oxygen atoms in total. The summed E-state index contributed by atoms with van der Waals surface area (Å²) >= 11 is 0. The van der Waals surface area contributed by atoms with Crippen LogP contribution >= 0.6 is 8.58 Å². The van der Waals surface area contributed by atoms with Gasteiger partial charge in [-0.25, -0.2) is 0 Å². The van der Waals surface area contributed by atoms with E-state index in [1.54, 1.807) is 7.11 Å². The number of nitrogens with zero attached hydrogens (tertiary/aromatic N) is 1. The summed E-state index contributed by atoms with van der Waals surface area (Å²) in [5.41, 5.74) is 4.97. The van der Waals surface area contributed by atoms with Gasteiger partial charge in [0.25, 0.3) is 0 Å². The van der Waals surface area contributed by atoms with Gasteiger partial charge in [-0.1, -0.05) is 62.7 Å². The summed E-state index contributed by atoms with van der Waals surface area (Å²) in [7, 11) is 3.93. The standard InChI is InChI=1S/C24H26NO2P/c1-18-9-12-23(21(13-18)16-25-2)28-24-15-20(10-11-22(24)27-17-26-3)14-19-7-5-4-6-8-19/h4-13,15-16,28H,14,17H2,1-3H3. The van der Waals surface area contributed by atoms with Crippen molar-refractivity contribution in [1.82, 2.24) is 0 Å². The van der Waals surface area contributed by atoms with Gasteiger partial charge in [0, 0.05) is 31.2 Å². The second kappa shape index (κ2) is 10.2. The highest BCUT2D eigenvalue weighted by Crippen LogP contribution is 2.23. The van der Waals surface area contributed by atoms with Crippen LogP contribution in [0, 0.1) is 6.92 Å². The topological polar surface area (TPSA) is 30.8 Å². The molecule has 0 aliphatic rings. The van der Waals surface area contributed by atoms with Gasteiger partial charge in [-0.2, -0.15) is 0 Å². The molecular weight excluding hydrogens is 365 g/mol. The van der Waals surface area contributed by atoms with Gasteiger partial charge in [0.1, 0.15) is 5.75 Å². The van der Waals surface area contributed by atoms with E-state index >= 15 is 0 Å². The minimum Gasteiger partial charge on any atom is -0.467 e. The third kappa shape index (κ3) is 5.51. The van der Waals surface area contributed by atoms with E-state index in [1.807, 2.05) is 19.3 Å². The summed E-state index contributed by atoms with van der Waals surface area (Å²) in [5.74, 6) is 0.872. The summed E-state index contributed by atoms with van der Waals surface area (Å²) in [6.45, 7) is 2.35. The van der Waals surface area contributed by atoms with Crippen LogP contribution in [0.25, 0.3) is 0 Å². The molecule has 0 N–H and O–H groups in total. The van der Waals surface area contributed by atoms with Crippen molar-refractivity contribution in [1.29, 1.82) is 0 Å². The molecule has 0 heterocycles. The normalized spacial score (nSPS) is 11.5. The van der Waals surface area contributed by atoms with Crippen molar-refractivity contribution in [3.8, 4) is 5.75 Å². The third-order valence-corrected chi connectivity index (χ3v) is 5.76. The summed E-state index contributed by atoms with van der Waals surface area (Å²) < 4.78 is 11.0. The fourth-order valence-corrected chi connectivity index (χ4v) is 4.33. The molecule has 4 heteroatoms. The summed E-state index contributed by atoms with van der Waals surface area (Å²) in [4.78, 5) is 4.22. The van der Waals surface area contributed by atoms with Gasteiger partial charge < -0.3 is 9.47 Å².